The second kappa shape index (κ2) is 8.27. The summed E-state index contributed by atoms with van der Waals surface area (Å²) in [5.74, 6) is 0. The van der Waals surface area contributed by atoms with E-state index in [1.165, 1.54) is 37.7 Å². The molecule has 1 aliphatic rings. The maximum atomic E-state index is 5.59. The van der Waals surface area contributed by atoms with Crippen LogP contribution in [0.1, 0.15) is 43.7 Å². The highest BCUT2D eigenvalue weighted by Crippen LogP contribution is 2.27. The average Bonchev–Trinajstić information content (AvgIpc) is 3.13. The zero-order valence-electron chi connectivity index (χ0n) is 15.5. The van der Waals surface area contributed by atoms with Crippen LogP contribution in [0.25, 0.3) is 0 Å². The van der Waals surface area contributed by atoms with Crippen LogP contribution in [0.3, 0.4) is 0 Å². The quantitative estimate of drug-likeness (QED) is 0.561. The van der Waals surface area contributed by atoms with Crippen LogP contribution in [0.4, 0.5) is 0 Å². The van der Waals surface area contributed by atoms with E-state index in [0.717, 1.165) is 11.7 Å². The van der Waals surface area contributed by atoms with Gasteiger partial charge in [-0.3, -0.25) is 0 Å². The highest BCUT2D eigenvalue weighted by atomic mass is 28.4. The molecule has 1 aromatic heterocycles. The van der Waals surface area contributed by atoms with Crippen molar-refractivity contribution < 1.29 is 17.8 Å². The molecule has 1 fully saturated rings. The molecule has 136 valence electrons. The number of imidazole rings is 1. The van der Waals surface area contributed by atoms with E-state index in [0.29, 0.717) is 6.04 Å². The normalized spacial score (nSPS) is 16.3. The molecule has 0 atom stereocenters. The number of benzene rings is 1. The van der Waals surface area contributed by atoms with Gasteiger partial charge in [0.2, 0.25) is 6.33 Å². The van der Waals surface area contributed by atoms with E-state index in [1.54, 1.807) is 21.3 Å². The van der Waals surface area contributed by atoms with Crippen molar-refractivity contribution in [1.29, 1.82) is 0 Å². The third kappa shape index (κ3) is 4.03. The molecule has 1 aliphatic carbocycles. The van der Waals surface area contributed by atoms with Gasteiger partial charge in [0.15, 0.2) is 0 Å². The van der Waals surface area contributed by atoms with E-state index >= 15 is 0 Å². The minimum Gasteiger partial charge on any atom is -0.373 e. The van der Waals surface area contributed by atoms with Gasteiger partial charge in [-0.25, -0.2) is 9.13 Å². The first kappa shape index (κ1) is 18.3. The standard InChI is InChI=1S/C19H29N2O3Si/c1-22-25(23-2,24-3)19-11-7-8-17(14-19)15-20-12-13-21(16-20)18-9-5-4-6-10-18/h7-8,11-14,16,18H,4-6,9-10,15H2,1-3H3/q+1. The molecule has 0 unspecified atom stereocenters. The fourth-order valence-corrected chi connectivity index (χ4v) is 5.64. The van der Waals surface area contributed by atoms with Crippen LogP contribution in [0, 0.1) is 0 Å². The summed E-state index contributed by atoms with van der Waals surface area (Å²) in [5.41, 5.74) is 1.21. The van der Waals surface area contributed by atoms with E-state index < -0.39 is 8.80 Å². The van der Waals surface area contributed by atoms with Crippen LogP contribution in [0.15, 0.2) is 43.0 Å². The van der Waals surface area contributed by atoms with E-state index in [2.05, 4.69) is 40.0 Å². The van der Waals surface area contributed by atoms with E-state index in [1.807, 2.05) is 12.1 Å². The van der Waals surface area contributed by atoms with Gasteiger partial charge in [-0.2, -0.15) is 0 Å². The zero-order valence-corrected chi connectivity index (χ0v) is 16.5. The van der Waals surface area contributed by atoms with Crippen molar-refractivity contribution in [2.45, 2.75) is 44.7 Å². The zero-order chi connectivity index (χ0) is 17.7. The number of hydrogen-bond acceptors (Lipinski definition) is 3. The first-order valence-corrected chi connectivity index (χ1v) is 10.7. The van der Waals surface area contributed by atoms with Crippen LogP contribution >= 0.6 is 0 Å². The molecule has 3 rings (SSSR count). The molecule has 1 saturated carbocycles. The maximum absolute atomic E-state index is 5.59. The summed E-state index contributed by atoms with van der Waals surface area (Å²) in [4.78, 5) is 0. The Morgan fingerprint density at radius 2 is 1.80 bits per heavy atom. The summed E-state index contributed by atoms with van der Waals surface area (Å²) in [5, 5.41) is 0.991. The van der Waals surface area contributed by atoms with Crippen molar-refractivity contribution in [3.63, 3.8) is 0 Å². The SMILES string of the molecule is CO[Si](OC)(OC)c1cccc(C[n+]2ccn(C3CCCCC3)c2)c1. The minimum atomic E-state index is -2.78. The third-order valence-corrected chi connectivity index (χ3v) is 7.79. The summed E-state index contributed by atoms with van der Waals surface area (Å²) >= 11 is 0. The molecular weight excluding hydrogens is 332 g/mol. The third-order valence-electron chi connectivity index (χ3n) is 5.16. The number of hydrogen-bond donors (Lipinski definition) is 0. The van der Waals surface area contributed by atoms with Crippen molar-refractivity contribution in [3.05, 3.63) is 48.5 Å². The van der Waals surface area contributed by atoms with Crippen molar-refractivity contribution in [2.24, 2.45) is 0 Å². The van der Waals surface area contributed by atoms with Gasteiger partial charge in [0.1, 0.15) is 25.0 Å². The van der Waals surface area contributed by atoms with E-state index in [4.69, 9.17) is 13.3 Å². The molecule has 5 nitrogen and oxygen atoms in total. The van der Waals surface area contributed by atoms with Crippen LogP contribution in [0.2, 0.25) is 0 Å². The van der Waals surface area contributed by atoms with Crippen LogP contribution in [-0.4, -0.2) is 34.7 Å². The Labute approximate surface area is 151 Å². The van der Waals surface area contributed by atoms with Gasteiger partial charge in [0.05, 0.1) is 0 Å². The van der Waals surface area contributed by atoms with E-state index in [9.17, 15) is 0 Å². The fourth-order valence-electron chi connectivity index (χ4n) is 3.77. The number of rotatable bonds is 7. The molecule has 25 heavy (non-hydrogen) atoms. The molecule has 1 heterocycles. The Kier molecular flexibility index (Phi) is 6.06. The lowest BCUT2D eigenvalue weighted by Crippen LogP contribution is -2.54. The van der Waals surface area contributed by atoms with Crippen LogP contribution in [0.5, 0.6) is 0 Å². The smallest absolute Gasteiger partial charge is 0.373 e. The topological polar surface area (TPSA) is 36.5 Å². The Morgan fingerprint density at radius 3 is 2.48 bits per heavy atom. The molecule has 0 amide bonds. The lowest BCUT2D eigenvalue weighted by atomic mass is 9.95. The predicted octanol–water partition coefficient (Wildman–Crippen LogP) is 2.41. The monoisotopic (exact) mass is 361 g/mol. The van der Waals surface area contributed by atoms with E-state index in [-0.39, 0.29) is 0 Å². The molecule has 1 aromatic carbocycles. The van der Waals surface area contributed by atoms with Gasteiger partial charge in [-0.05, 0) is 37.3 Å². The Bertz CT molecular complexity index is 671. The first-order valence-electron chi connectivity index (χ1n) is 9.02. The van der Waals surface area contributed by atoms with Gasteiger partial charge < -0.3 is 13.3 Å². The highest BCUT2D eigenvalue weighted by Gasteiger charge is 2.40. The molecule has 6 heteroatoms. The molecule has 0 aliphatic heterocycles. The Balaban J connectivity index is 1.75. The lowest BCUT2D eigenvalue weighted by molar-refractivity contribution is -0.688. The summed E-state index contributed by atoms with van der Waals surface area (Å²) in [6, 6.07) is 8.99. The minimum absolute atomic E-state index is 0.664. The summed E-state index contributed by atoms with van der Waals surface area (Å²) in [6.07, 6.45) is 13.3. The van der Waals surface area contributed by atoms with Gasteiger partial charge in [0, 0.05) is 26.5 Å². The summed E-state index contributed by atoms with van der Waals surface area (Å²) in [6.45, 7) is 0.829. The van der Waals surface area contributed by atoms with Gasteiger partial charge >= 0.3 is 8.80 Å². The van der Waals surface area contributed by atoms with Gasteiger partial charge in [-0.15, -0.1) is 0 Å². The Morgan fingerprint density at radius 1 is 1.08 bits per heavy atom. The van der Waals surface area contributed by atoms with Gasteiger partial charge in [0.25, 0.3) is 0 Å². The molecule has 0 saturated heterocycles. The van der Waals surface area contributed by atoms with Crippen molar-refractivity contribution in [3.8, 4) is 0 Å². The Hall–Kier alpha value is -1.47. The maximum Gasteiger partial charge on any atom is 0.536 e. The van der Waals surface area contributed by atoms with Crippen molar-refractivity contribution in [2.75, 3.05) is 21.3 Å². The van der Waals surface area contributed by atoms with Crippen molar-refractivity contribution >= 4 is 14.0 Å². The lowest BCUT2D eigenvalue weighted by Gasteiger charge is -2.24. The molecule has 0 radical (unpaired) electrons. The average molecular weight is 362 g/mol. The summed E-state index contributed by atoms with van der Waals surface area (Å²) in [7, 11) is 2.15. The van der Waals surface area contributed by atoms with Crippen molar-refractivity contribution in [1.82, 2.24) is 4.57 Å². The van der Waals surface area contributed by atoms with Crippen LogP contribution in [-0.2, 0) is 19.8 Å². The molecular formula is C19H29N2O3Si+. The second-order valence-corrected chi connectivity index (χ2v) is 9.61. The number of nitrogens with zero attached hydrogens (tertiary/aromatic N) is 2. The fraction of sp³-hybridized carbons (Fsp3) is 0.526. The molecule has 0 bridgehead atoms. The molecule has 2 aromatic rings. The summed E-state index contributed by atoms with van der Waals surface area (Å²) < 4.78 is 21.4. The second-order valence-electron chi connectivity index (χ2n) is 6.69. The number of aromatic nitrogens is 2. The molecule has 0 N–H and O–H groups in total. The van der Waals surface area contributed by atoms with Crippen LogP contribution < -0.4 is 9.75 Å². The first-order chi connectivity index (χ1) is 12.2. The molecule has 0 spiro atoms. The highest BCUT2D eigenvalue weighted by molar-refractivity contribution is 6.75. The predicted molar refractivity (Wildman–Crippen MR) is 98.7 cm³/mol. The largest absolute Gasteiger partial charge is 0.536 e. The van der Waals surface area contributed by atoms with Gasteiger partial charge in [-0.1, -0.05) is 24.6 Å².